The van der Waals surface area contributed by atoms with Crippen molar-refractivity contribution in [3.8, 4) is 5.75 Å². The topological polar surface area (TPSA) is 91.3 Å². The van der Waals surface area contributed by atoms with Crippen LogP contribution in [0, 0.1) is 0 Å². The van der Waals surface area contributed by atoms with Crippen molar-refractivity contribution >= 4 is 29.1 Å². The van der Waals surface area contributed by atoms with Crippen molar-refractivity contribution in [2.75, 3.05) is 5.32 Å². The molecule has 0 aliphatic heterocycles. The molecule has 1 aromatic carbocycles. The number of benzene rings is 1. The number of phenols is 1. The first-order valence-corrected chi connectivity index (χ1v) is 9.43. The number of aromatic hydroxyl groups is 1. The molecule has 2 amide bonds. The van der Waals surface area contributed by atoms with Crippen molar-refractivity contribution in [3.05, 3.63) is 52.8 Å². The highest BCUT2D eigenvalue weighted by Gasteiger charge is 2.18. The lowest BCUT2D eigenvalue weighted by molar-refractivity contribution is -0.115. The number of nitrogens with zero attached hydrogens (tertiary/aromatic N) is 1. The maximum absolute atomic E-state index is 12.4. The Morgan fingerprint density at radius 3 is 2.70 bits per heavy atom. The van der Waals surface area contributed by atoms with E-state index in [9.17, 15) is 14.7 Å². The zero-order chi connectivity index (χ0) is 19.2. The summed E-state index contributed by atoms with van der Waals surface area (Å²) < 4.78 is 0. The number of hydrogen-bond donors (Lipinski definition) is 3. The average molecular weight is 388 g/mol. The molecule has 27 heavy (non-hydrogen) atoms. The van der Waals surface area contributed by atoms with Gasteiger partial charge in [0.05, 0.1) is 6.42 Å². The zero-order valence-electron chi connectivity index (χ0n) is 14.9. The van der Waals surface area contributed by atoms with Gasteiger partial charge in [-0.2, -0.15) is 0 Å². The lowest BCUT2D eigenvalue weighted by Crippen LogP contribution is -2.36. The first-order valence-electron chi connectivity index (χ1n) is 9.05. The minimum Gasteiger partial charge on any atom is -0.508 e. The Kier molecular flexibility index (Phi) is 6.29. The molecule has 1 aliphatic carbocycles. The quantitative estimate of drug-likeness (QED) is 0.729. The van der Waals surface area contributed by atoms with E-state index in [-0.39, 0.29) is 35.7 Å². The molecule has 1 aliphatic rings. The van der Waals surface area contributed by atoms with E-state index in [2.05, 4.69) is 15.6 Å². The van der Waals surface area contributed by atoms with Crippen LogP contribution >= 0.6 is 11.6 Å². The number of pyridine rings is 1. The molecule has 2 aromatic rings. The predicted octanol–water partition coefficient (Wildman–Crippen LogP) is 3.68. The molecule has 3 rings (SSSR count). The summed E-state index contributed by atoms with van der Waals surface area (Å²) in [5.41, 5.74) is 1.18. The summed E-state index contributed by atoms with van der Waals surface area (Å²) in [6, 6.07) is 7.91. The van der Waals surface area contributed by atoms with Crippen LogP contribution in [-0.4, -0.2) is 27.9 Å². The Hall–Kier alpha value is -2.60. The second-order valence-electron chi connectivity index (χ2n) is 6.74. The number of rotatable bonds is 5. The third-order valence-electron chi connectivity index (χ3n) is 4.61. The molecule has 142 valence electrons. The summed E-state index contributed by atoms with van der Waals surface area (Å²) in [7, 11) is 0. The van der Waals surface area contributed by atoms with Gasteiger partial charge in [-0.25, -0.2) is 0 Å². The number of aromatic nitrogens is 1. The highest BCUT2D eigenvalue weighted by Crippen LogP contribution is 2.22. The van der Waals surface area contributed by atoms with Gasteiger partial charge in [0.2, 0.25) is 5.91 Å². The summed E-state index contributed by atoms with van der Waals surface area (Å²) in [5, 5.41) is 16.0. The van der Waals surface area contributed by atoms with Crippen LogP contribution in [0.3, 0.4) is 0 Å². The van der Waals surface area contributed by atoms with Gasteiger partial charge in [0.15, 0.2) is 0 Å². The summed E-state index contributed by atoms with van der Waals surface area (Å²) >= 11 is 5.90. The van der Waals surface area contributed by atoms with E-state index in [0.717, 1.165) is 25.7 Å². The van der Waals surface area contributed by atoms with E-state index in [1.54, 1.807) is 24.3 Å². The van der Waals surface area contributed by atoms with Crippen LogP contribution in [0.5, 0.6) is 5.75 Å². The van der Waals surface area contributed by atoms with E-state index in [0.29, 0.717) is 16.3 Å². The van der Waals surface area contributed by atoms with Crippen LogP contribution in [0.25, 0.3) is 0 Å². The molecule has 0 radical (unpaired) electrons. The fraction of sp³-hybridized carbons (Fsp3) is 0.350. The smallest absolute Gasteiger partial charge is 0.270 e. The van der Waals surface area contributed by atoms with Crippen molar-refractivity contribution < 1.29 is 14.7 Å². The van der Waals surface area contributed by atoms with Gasteiger partial charge in [-0.1, -0.05) is 30.9 Å². The fourth-order valence-corrected chi connectivity index (χ4v) is 3.41. The molecule has 0 atom stereocenters. The summed E-state index contributed by atoms with van der Waals surface area (Å²) in [4.78, 5) is 28.7. The second-order valence-corrected chi connectivity index (χ2v) is 7.17. The second kappa shape index (κ2) is 8.86. The van der Waals surface area contributed by atoms with Crippen molar-refractivity contribution in [2.24, 2.45) is 0 Å². The van der Waals surface area contributed by atoms with Crippen LogP contribution in [0.4, 0.5) is 5.69 Å². The van der Waals surface area contributed by atoms with Crippen LogP contribution in [-0.2, 0) is 11.2 Å². The van der Waals surface area contributed by atoms with E-state index < -0.39 is 0 Å². The van der Waals surface area contributed by atoms with Crippen LogP contribution in [0.15, 0.2) is 36.5 Å². The van der Waals surface area contributed by atoms with E-state index in [1.807, 2.05) is 0 Å². The maximum atomic E-state index is 12.4. The van der Waals surface area contributed by atoms with Gasteiger partial charge in [-0.15, -0.1) is 0 Å². The van der Waals surface area contributed by atoms with Crippen molar-refractivity contribution in [2.45, 2.75) is 44.6 Å². The predicted molar refractivity (Wildman–Crippen MR) is 104 cm³/mol. The van der Waals surface area contributed by atoms with Gasteiger partial charge in [0.25, 0.3) is 5.91 Å². The van der Waals surface area contributed by atoms with Gasteiger partial charge in [0, 0.05) is 28.5 Å². The summed E-state index contributed by atoms with van der Waals surface area (Å²) in [6.07, 6.45) is 6.92. The highest BCUT2D eigenvalue weighted by atomic mass is 35.5. The molecule has 3 N–H and O–H groups in total. The molecule has 0 spiro atoms. The minimum atomic E-state index is -0.322. The number of phenolic OH excluding ortho intramolecular Hbond substituents is 1. The Morgan fingerprint density at radius 2 is 1.93 bits per heavy atom. The molecule has 1 aromatic heterocycles. The van der Waals surface area contributed by atoms with E-state index >= 15 is 0 Å². The number of carbonyl (C=O) groups is 2. The zero-order valence-corrected chi connectivity index (χ0v) is 15.6. The summed E-state index contributed by atoms with van der Waals surface area (Å²) in [6.45, 7) is 0. The average Bonchev–Trinajstić information content (AvgIpc) is 2.65. The van der Waals surface area contributed by atoms with Gasteiger partial charge >= 0.3 is 0 Å². The number of hydrogen-bond acceptors (Lipinski definition) is 4. The molecule has 7 heteroatoms. The largest absolute Gasteiger partial charge is 0.508 e. The molecule has 1 saturated carbocycles. The molecule has 0 unspecified atom stereocenters. The van der Waals surface area contributed by atoms with Gasteiger partial charge in [-0.05, 0) is 43.2 Å². The Balaban J connectivity index is 1.62. The number of carbonyl (C=O) groups excluding carboxylic acids is 2. The molecule has 1 heterocycles. The third-order valence-corrected chi connectivity index (χ3v) is 4.84. The van der Waals surface area contributed by atoms with Crippen molar-refractivity contribution in [1.82, 2.24) is 10.3 Å². The maximum Gasteiger partial charge on any atom is 0.270 e. The van der Waals surface area contributed by atoms with Crippen LogP contribution in [0.2, 0.25) is 5.02 Å². The van der Waals surface area contributed by atoms with Crippen LogP contribution in [0.1, 0.15) is 48.2 Å². The van der Waals surface area contributed by atoms with E-state index in [1.165, 1.54) is 18.7 Å². The standard InChI is InChI=1S/C20H22ClN3O3/c21-14-6-7-18(25)13(10-14)11-19(26)23-16-8-9-22-17(12-16)20(27)24-15-4-2-1-3-5-15/h6-10,12,15,25H,1-5,11H2,(H,24,27)(H,22,23,26). The number of amides is 2. The summed E-state index contributed by atoms with van der Waals surface area (Å²) in [5.74, 6) is -0.542. The van der Waals surface area contributed by atoms with Gasteiger partial charge < -0.3 is 15.7 Å². The fourth-order valence-electron chi connectivity index (χ4n) is 3.21. The van der Waals surface area contributed by atoms with Crippen molar-refractivity contribution in [1.29, 1.82) is 0 Å². The molecule has 6 nitrogen and oxygen atoms in total. The van der Waals surface area contributed by atoms with Crippen LogP contribution < -0.4 is 10.6 Å². The Labute approximate surface area is 163 Å². The molecule has 1 fully saturated rings. The number of anilines is 1. The highest BCUT2D eigenvalue weighted by molar-refractivity contribution is 6.30. The van der Waals surface area contributed by atoms with Crippen molar-refractivity contribution in [3.63, 3.8) is 0 Å². The van der Waals surface area contributed by atoms with Gasteiger partial charge in [-0.3, -0.25) is 14.6 Å². The SMILES string of the molecule is O=C(Cc1cc(Cl)ccc1O)Nc1ccnc(C(=O)NC2CCCCC2)c1. The molecule has 0 bridgehead atoms. The lowest BCUT2D eigenvalue weighted by Gasteiger charge is -2.22. The molecular weight excluding hydrogens is 366 g/mol. The minimum absolute atomic E-state index is 0.0110. The Morgan fingerprint density at radius 1 is 1.15 bits per heavy atom. The first kappa shape index (κ1) is 19.2. The first-order chi connectivity index (χ1) is 13.0. The third kappa shape index (κ3) is 5.44. The monoisotopic (exact) mass is 387 g/mol. The molecular formula is C20H22ClN3O3. The number of nitrogens with one attached hydrogen (secondary N) is 2. The van der Waals surface area contributed by atoms with Gasteiger partial charge in [0.1, 0.15) is 11.4 Å². The normalized spacial score (nSPS) is 14.6. The van der Waals surface area contributed by atoms with E-state index in [4.69, 9.17) is 11.6 Å². The Bertz CT molecular complexity index is 835. The number of halogens is 1. The lowest BCUT2D eigenvalue weighted by atomic mass is 9.95. The molecule has 0 saturated heterocycles.